The molecule has 17 heavy (non-hydrogen) atoms. The van der Waals surface area contributed by atoms with Gasteiger partial charge in [-0.2, -0.15) is 0 Å². The van der Waals surface area contributed by atoms with Crippen LogP contribution >= 0.6 is 11.3 Å². The minimum absolute atomic E-state index is 0.110. The van der Waals surface area contributed by atoms with E-state index in [2.05, 4.69) is 22.5 Å². The van der Waals surface area contributed by atoms with Gasteiger partial charge in [0.1, 0.15) is 0 Å². The van der Waals surface area contributed by atoms with E-state index < -0.39 is 0 Å². The zero-order valence-electron chi connectivity index (χ0n) is 10.3. The molecule has 1 fully saturated rings. The first kappa shape index (κ1) is 12.5. The predicted molar refractivity (Wildman–Crippen MR) is 69.2 cm³/mol. The Morgan fingerprint density at radius 1 is 1.76 bits per heavy atom. The van der Waals surface area contributed by atoms with Gasteiger partial charge >= 0.3 is 0 Å². The Morgan fingerprint density at radius 3 is 3.18 bits per heavy atom. The molecule has 1 saturated heterocycles. The van der Waals surface area contributed by atoms with Crippen LogP contribution in [0.15, 0.2) is 11.6 Å². The van der Waals surface area contributed by atoms with E-state index in [9.17, 15) is 4.79 Å². The number of carbonyl (C=O) groups excluding carboxylic acids is 1. The van der Waals surface area contributed by atoms with Crippen LogP contribution in [-0.4, -0.2) is 29.5 Å². The number of amides is 1. The first-order chi connectivity index (χ1) is 8.12. The second kappa shape index (κ2) is 5.14. The smallest absolute Gasteiger partial charge is 0.240 e. The summed E-state index contributed by atoms with van der Waals surface area (Å²) in [6.45, 7) is 5.66. The largest absolute Gasteiger partial charge is 0.354 e. The Balaban J connectivity index is 1.84. The van der Waals surface area contributed by atoms with E-state index in [1.807, 2.05) is 12.3 Å². The third-order valence-electron chi connectivity index (χ3n) is 3.31. The third kappa shape index (κ3) is 2.84. The fourth-order valence-electron chi connectivity index (χ4n) is 2.09. The van der Waals surface area contributed by atoms with Gasteiger partial charge < -0.3 is 10.6 Å². The molecule has 0 saturated carbocycles. The van der Waals surface area contributed by atoms with Crippen molar-refractivity contribution in [2.24, 2.45) is 0 Å². The van der Waals surface area contributed by atoms with Gasteiger partial charge in [-0.1, -0.05) is 6.92 Å². The van der Waals surface area contributed by atoms with Crippen LogP contribution in [0.5, 0.6) is 0 Å². The van der Waals surface area contributed by atoms with Gasteiger partial charge in [0.05, 0.1) is 10.5 Å². The lowest BCUT2D eigenvalue weighted by Gasteiger charge is -2.23. The highest BCUT2D eigenvalue weighted by atomic mass is 32.1. The monoisotopic (exact) mass is 253 g/mol. The molecule has 1 aliphatic heterocycles. The molecule has 2 N–H and O–H groups in total. The Hall–Kier alpha value is -0.940. The molecule has 0 spiro atoms. The molecule has 2 heterocycles. The lowest BCUT2D eigenvalue weighted by molar-refractivity contribution is -0.126. The summed E-state index contributed by atoms with van der Waals surface area (Å²) in [5.41, 5.74) is -0.372. The summed E-state index contributed by atoms with van der Waals surface area (Å²) < 4.78 is 0. The maximum Gasteiger partial charge on any atom is 0.240 e. The topological polar surface area (TPSA) is 54.0 Å². The average Bonchev–Trinajstić information content (AvgIpc) is 2.96. The van der Waals surface area contributed by atoms with Gasteiger partial charge in [-0.05, 0) is 26.3 Å². The maximum atomic E-state index is 12.1. The van der Waals surface area contributed by atoms with Gasteiger partial charge in [0, 0.05) is 24.0 Å². The van der Waals surface area contributed by atoms with Gasteiger partial charge in [-0.15, -0.1) is 11.3 Å². The highest BCUT2D eigenvalue weighted by Gasteiger charge is 2.35. The molecular formula is C12H19N3OS. The summed E-state index contributed by atoms with van der Waals surface area (Å²) in [7, 11) is 0. The number of hydrogen-bond donors (Lipinski definition) is 2. The van der Waals surface area contributed by atoms with Crippen LogP contribution in [-0.2, 0) is 4.79 Å². The molecule has 1 aromatic heterocycles. The maximum absolute atomic E-state index is 12.1. The summed E-state index contributed by atoms with van der Waals surface area (Å²) in [5.74, 6) is 0.391. The molecule has 0 aliphatic carbocycles. The van der Waals surface area contributed by atoms with E-state index in [0.29, 0.717) is 6.54 Å². The average molecular weight is 253 g/mol. The van der Waals surface area contributed by atoms with Crippen LogP contribution in [0.2, 0.25) is 0 Å². The normalized spacial score (nSPS) is 25.8. The number of hydrogen-bond acceptors (Lipinski definition) is 4. The van der Waals surface area contributed by atoms with Crippen LogP contribution < -0.4 is 10.6 Å². The van der Waals surface area contributed by atoms with Gasteiger partial charge in [0.2, 0.25) is 5.91 Å². The van der Waals surface area contributed by atoms with Gasteiger partial charge in [0.15, 0.2) is 0 Å². The highest BCUT2D eigenvalue weighted by Crippen LogP contribution is 2.20. The van der Waals surface area contributed by atoms with Crippen LogP contribution in [0, 0.1) is 0 Å². The van der Waals surface area contributed by atoms with Crippen molar-refractivity contribution in [2.75, 3.05) is 13.1 Å². The lowest BCUT2D eigenvalue weighted by Crippen LogP contribution is -2.51. The highest BCUT2D eigenvalue weighted by molar-refractivity contribution is 7.09. The fraction of sp³-hybridized carbons (Fsp3) is 0.667. The predicted octanol–water partition coefficient (Wildman–Crippen LogP) is 1.50. The molecule has 0 aromatic carbocycles. The molecule has 5 heteroatoms. The minimum Gasteiger partial charge on any atom is -0.354 e. The second-order valence-corrected chi connectivity index (χ2v) is 5.77. The molecule has 1 aliphatic rings. The molecule has 2 unspecified atom stereocenters. The van der Waals surface area contributed by atoms with Crippen molar-refractivity contribution in [3.63, 3.8) is 0 Å². The summed E-state index contributed by atoms with van der Waals surface area (Å²) in [5, 5.41) is 9.33. The van der Waals surface area contributed by atoms with E-state index >= 15 is 0 Å². The molecule has 1 aromatic rings. The molecule has 1 amide bonds. The molecule has 0 bridgehead atoms. The standard InChI is InChI=1S/C12H19N3OS/c1-9(10-13-6-7-17-10)8-14-11(16)12(2)4-3-5-15-12/h6-7,9,15H,3-5,8H2,1-2H3,(H,14,16). The van der Waals surface area contributed by atoms with E-state index in [1.165, 1.54) is 0 Å². The van der Waals surface area contributed by atoms with Gasteiger partial charge in [-0.3, -0.25) is 4.79 Å². The summed E-state index contributed by atoms with van der Waals surface area (Å²) in [6, 6.07) is 0. The first-order valence-electron chi connectivity index (χ1n) is 6.04. The lowest BCUT2D eigenvalue weighted by atomic mass is 9.99. The minimum atomic E-state index is -0.372. The van der Waals surface area contributed by atoms with Crippen molar-refractivity contribution in [1.29, 1.82) is 0 Å². The Bertz CT molecular complexity index is 371. The molecule has 94 valence electrons. The van der Waals surface area contributed by atoms with E-state index in [1.54, 1.807) is 17.5 Å². The second-order valence-electron chi connectivity index (χ2n) is 4.84. The fourth-order valence-corrected chi connectivity index (χ4v) is 2.79. The van der Waals surface area contributed by atoms with E-state index in [4.69, 9.17) is 0 Å². The van der Waals surface area contributed by atoms with Crippen molar-refractivity contribution in [3.05, 3.63) is 16.6 Å². The van der Waals surface area contributed by atoms with Crippen LogP contribution in [0.25, 0.3) is 0 Å². The first-order valence-corrected chi connectivity index (χ1v) is 6.92. The SMILES string of the molecule is CC(CNC(=O)C1(C)CCCN1)c1nccs1. The van der Waals surface area contributed by atoms with Crippen molar-refractivity contribution in [3.8, 4) is 0 Å². The quantitative estimate of drug-likeness (QED) is 0.855. The van der Waals surface area contributed by atoms with Crippen molar-refractivity contribution in [2.45, 2.75) is 38.1 Å². The van der Waals surface area contributed by atoms with Crippen LogP contribution in [0.3, 0.4) is 0 Å². The zero-order valence-corrected chi connectivity index (χ0v) is 11.1. The number of nitrogens with zero attached hydrogens (tertiary/aromatic N) is 1. The van der Waals surface area contributed by atoms with Crippen molar-refractivity contribution in [1.82, 2.24) is 15.6 Å². The van der Waals surface area contributed by atoms with Gasteiger partial charge in [-0.25, -0.2) is 4.98 Å². The zero-order chi connectivity index (χ0) is 12.3. The molecule has 0 radical (unpaired) electrons. The number of aromatic nitrogens is 1. The number of carbonyl (C=O) groups is 1. The van der Waals surface area contributed by atoms with Crippen LogP contribution in [0.4, 0.5) is 0 Å². The Labute approximate surface area is 106 Å². The third-order valence-corrected chi connectivity index (χ3v) is 4.32. The summed E-state index contributed by atoms with van der Waals surface area (Å²) >= 11 is 1.64. The molecular weight excluding hydrogens is 234 g/mol. The molecule has 4 nitrogen and oxygen atoms in total. The van der Waals surface area contributed by atoms with E-state index in [0.717, 1.165) is 24.4 Å². The van der Waals surface area contributed by atoms with Crippen molar-refractivity contribution >= 4 is 17.2 Å². The number of thiazole rings is 1. The Morgan fingerprint density at radius 2 is 2.59 bits per heavy atom. The van der Waals surface area contributed by atoms with Crippen molar-refractivity contribution < 1.29 is 4.79 Å². The summed E-state index contributed by atoms with van der Waals surface area (Å²) in [6.07, 6.45) is 3.80. The summed E-state index contributed by atoms with van der Waals surface area (Å²) in [4.78, 5) is 16.3. The van der Waals surface area contributed by atoms with E-state index in [-0.39, 0.29) is 17.4 Å². The number of nitrogens with one attached hydrogen (secondary N) is 2. The number of rotatable bonds is 4. The van der Waals surface area contributed by atoms with Gasteiger partial charge in [0.25, 0.3) is 0 Å². The molecule has 2 atom stereocenters. The Kier molecular flexibility index (Phi) is 3.79. The van der Waals surface area contributed by atoms with Crippen LogP contribution in [0.1, 0.15) is 37.6 Å². The molecule has 2 rings (SSSR count).